The number of hydrogen-bond donors (Lipinski definition) is 2. The van der Waals surface area contributed by atoms with Gasteiger partial charge in [-0.15, -0.1) is 0 Å². The molecule has 0 amide bonds. The third-order valence-electron chi connectivity index (χ3n) is 2.83. The Hall–Kier alpha value is -1.05. The van der Waals surface area contributed by atoms with Gasteiger partial charge in [-0.2, -0.15) is 0 Å². The van der Waals surface area contributed by atoms with E-state index in [1.54, 1.807) is 0 Å². The van der Waals surface area contributed by atoms with Gasteiger partial charge in [0.15, 0.2) is 0 Å². The minimum atomic E-state index is -2.43. The van der Waals surface area contributed by atoms with Gasteiger partial charge in [0.1, 0.15) is 0 Å². The molecule has 0 unspecified atom stereocenters. The molecule has 0 saturated heterocycles. The van der Waals surface area contributed by atoms with Crippen LogP contribution < -0.4 is 69.6 Å². The fourth-order valence-electron chi connectivity index (χ4n) is 1.86. The molecule has 0 aromatic carbocycles. The SMILES string of the molecule is NC(CC(=O)[O-])(CC(=O)[O-])C(N)(CC(=O)[O-])CC(=O)[O-].O.[Li+].[Li+]. The summed E-state index contributed by atoms with van der Waals surface area (Å²) in [4.78, 5) is 42.5. The van der Waals surface area contributed by atoms with Crippen LogP contribution in [-0.2, 0) is 19.2 Å². The average molecular weight is 320 g/mol. The van der Waals surface area contributed by atoms with Crippen molar-refractivity contribution in [1.82, 2.24) is 0 Å². The Labute approximate surface area is 155 Å². The van der Waals surface area contributed by atoms with Crippen LogP contribution in [0.1, 0.15) is 25.7 Å². The minimum absolute atomic E-state index is 0. The molecule has 0 bridgehead atoms. The van der Waals surface area contributed by atoms with Crippen molar-refractivity contribution in [3.63, 3.8) is 0 Å². The summed E-state index contributed by atoms with van der Waals surface area (Å²) in [5, 5.41) is 42.5. The molecule has 0 atom stereocenters. The van der Waals surface area contributed by atoms with E-state index in [1.807, 2.05) is 0 Å². The molecule has 0 fully saturated rings. The van der Waals surface area contributed by atoms with Gasteiger partial charge in [0, 0.05) is 60.6 Å². The smallest absolute Gasteiger partial charge is 0.550 e. The molecule has 0 rings (SSSR count). The van der Waals surface area contributed by atoms with Crippen molar-refractivity contribution in [1.29, 1.82) is 0 Å². The number of rotatable bonds is 9. The Morgan fingerprint density at radius 2 is 0.739 bits per heavy atom. The largest absolute Gasteiger partial charge is 1.00 e. The molecule has 0 saturated carbocycles. The van der Waals surface area contributed by atoms with Crippen LogP contribution in [0.25, 0.3) is 0 Å². The van der Waals surface area contributed by atoms with Gasteiger partial charge in [-0.05, 0) is 0 Å². The maximum absolute atomic E-state index is 10.6. The molecule has 0 heterocycles. The molecule has 13 heteroatoms. The van der Waals surface area contributed by atoms with E-state index >= 15 is 0 Å². The van der Waals surface area contributed by atoms with Gasteiger partial charge in [-0.3, -0.25) is 0 Å². The molecular weight excluding hydrogens is 306 g/mol. The van der Waals surface area contributed by atoms with Crippen molar-refractivity contribution in [3.05, 3.63) is 0 Å². The zero-order chi connectivity index (χ0) is 16.1. The number of aliphatic carboxylic acids is 4. The molecular formula is C10H14Li2N2O9-2. The molecule has 6 N–H and O–H groups in total. The Morgan fingerprint density at radius 3 is 0.826 bits per heavy atom. The zero-order valence-electron chi connectivity index (χ0n) is 12.7. The van der Waals surface area contributed by atoms with E-state index < -0.39 is 60.6 Å². The van der Waals surface area contributed by atoms with Crippen LogP contribution in [0.5, 0.6) is 0 Å². The summed E-state index contributed by atoms with van der Waals surface area (Å²) < 4.78 is 0. The first-order chi connectivity index (χ1) is 8.92. The normalized spacial score (nSPS) is 10.3. The van der Waals surface area contributed by atoms with E-state index in [0.29, 0.717) is 0 Å². The minimum Gasteiger partial charge on any atom is -0.550 e. The van der Waals surface area contributed by atoms with Crippen molar-refractivity contribution in [2.75, 3.05) is 0 Å². The molecule has 0 radical (unpaired) electrons. The van der Waals surface area contributed by atoms with Crippen molar-refractivity contribution in [2.45, 2.75) is 36.8 Å². The fraction of sp³-hybridized carbons (Fsp3) is 0.600. The Bertz CT molecular complexity index is 372. The molecule has 0 aromatic rings. The fourth-order valence-corrected chi connectivity index (χ4v) is 1.86. The maximum Gasteiger partial charge on any atom is 1.00 e. The van der Waals surface area contributed by atoms with E-state index in [0.717, 1.165) is 0 Å². The topological polar surface area (TPSA) is 244 Å². The summed E-state index contributed by atoms with van der Waals surface area (Å²) in [7, 11) is 0. The third kappa shape index (κ3) is 9.63. The summed E-state index contributed by atoms with van der Waals surface area (Å²) in [6.45, 7) is 0. The van der Waals surface area contributed by atoms with E-state index in [9.17, 15) is 39.6 Å². The predicted molar refractivity (Wildman–Crippen MR) is 55.9 cm³/mol. The van der Waals surface area contributed by atoms with E-state index in [4.69, 9.17) is 11.5 Å². The van der Waals surface area contributed by atoms with Gasteiger partial charge in [-0.25, -0.2) is 0 Å². The molecule has 0 spiro atoms. The van der Waals surface area contributed by atoms with Crippen LogP contribution in [-0.4, -0.2) is 40.4 Å². The van der Waals surface area contributed by atoms with Gasteiger partial charge < -0.3 is 56.5 Å². The van der Waals surface area contributed by atoms with E-state index in [2.05, 4.69) is 0 Å². The number of carbonyl (C=O) groups is 4. The summed E-state index contributed by atoms with van der Waals surface area (Å²) in [6.07, 6.45) is -4.73. The second-order valence-electron chi connectivity index (χ2n) is 4.51. The number of carbonyl (C=O) groups excluding carboxylic acids is 4. The second kappa shape index (κ2) is 11.5. The van der Waals surface area contributed by atoms with Crippen molar-refractivity contribution in [2.24, 2.45) is 11.5 Å². The Morgan fingerprint density at radius 1 is 0.609 bits per heavy atom. The van der Waals surface area contributed by atoms with E-state index in [-0.39, 0.29) is 43.2 Å². The molecule has 11 nitrogen and oxygen atoms in total. The molecule has 0 aromatic heterocycles. The maximum atomic E-state index is 10.6. The van der Waals surface area contributed by atoms with Crippen LogP contribution >= 0.6 is 0 Å². The van der Waals surface area contributed by atoms with Crippen molar-refractivity contribution < 1.29 is 82.8 Å². The van der Waals surface area contributed by atoms with Gasteiger partial charge >= 0.3 is 37.7 Å². The summed E-state index contributed by atoms with van der Waals surface area (Å²) in [5.41, 5.74) is 6.20. The van der Waals surface area contributed by atoms with Gasteiger partial charge in [0.2, 0.25) is 0 Å². The van der Waals surface area contributed by atoms with Gasteiger partial charge in [0.25, 0.3) is 0 Å². The molecule has 0 aliphatic rings. The van der Waals surface area contributed by atoms with Crippen LogP contribution in [0.15, 0.2) is 0 Å². The first-order valence-electron chi connectivity index (χ1n) is 5.29. The van der Waals surface area contributed by atoms with Crippen LogP contribution in [0.3, 0.4) is 0 Å². The average Bonchev–Trinajstić information content (AvgIpc) is 2.10. The van der Waals surface area contributed by atoms with Crippen molar-refractivity contribution in [3.8, 4) is 0 Å². The van der Waals surface area contributed by atoms with Crippen LogP contribution in [0.4, 0.5) is 0 Å². The number of carboxylic acid groups (broad SMARTS) is 4. The Kier molecular flexibility index (Phi) is 14.9. The van der Waals surface area contributed by atoms with Crippen molar-refractivity contribution >= 4 is 23.9 Å². The zero-order valence-corrected chi connectivity index (χ0v) is 12.7. The molecule has 0 aliphatic carbocycles. The quantitative estimate of drug-likeness (QED) is 0.379. The number of nitrogens with two attached hydrogens (primary N) is 2. The summed E-state index contributed by atoms with van der Waals surface area (Å²) >= 11 is 0. The van der Waals surface area contributed by atoms with Gasteiger partial charge in [0.05, 0.1) is 0 Å². The monoisotopic (exact) mass is 320 g/mol. The Balaban J connectivity index is -0.000000602. The standard InChI is InChI=1S/C10H16N2O8.2Li.H2O/c11-9(1-5(13)14,2-6(15)16)10(12,3-7(17)18)4-8(19)20;;;/h1-4,11-12H2,(H,13,14)(H,15,16)(H,17,18)(H,19,20);;;1H2/q;2*+1;/p-4. The van der Waals surface area contributed by atoms with Crippen LogP contribution in [0.2, 0.25) is 0 Å². The predicted octanol–water partition coefficient (Wildman–Crippen LogP) is -13.9. The first kappa shape index (κ1) is 29.9. The first-order valence-corrected chi connectivity index (χ1v) is 5.29. The molecule has 122 valence electrons. The summed E-state index contributed by atoms with van der Waals surface area (Å²) in [6, 6.07) is 0. The van der Waals surface area contributed by atoms with Crippen LogP contribution in [0, 0.1) is 0 Å². The molecule has 23 heavy (non-hydrogen) atoms. The second-order valence-corrected chi connectivity index (χ2v) is 4.51. The number of carboxylic acids is 4. The summed E-state index contributed by atoms with van der Waals surface area (Å²) in [5.74, 6) is -7.33. The number of hydrogen-bond acceptors (Lipinski definition) is 10. The van der Waals surface area contributed by atoms with E-state index in [1.165, 1.54) is 0 Å². The van der Waals surface area contributed by atoms with Gasteiger partial charge in [-0.1, -0.05) is 0 Å². The third-order valence-corrected chi connectivity index (χ3v) is 2.83. The molecule has 0 aliphatic heterocycles.